The molecule has 0 heterocycles. The summed E-state index contributed by atoms with van der Waals surface area (Å²) < 4.78 is 68.2. The van der Waals surface area contributed by atoms with Gasteiger partial charge in [-0.1, -0.05) is 287 Å². The first-order chi connectivity index (χ1) is 42.2. The van der Waals surface area contributed by atoms with Crippen LogP contribution >= 0.6 is 15.6 Å². The van der Waals surface area contributed by atoms with E-state index in [1.807, 2.05) is 0 Å². The summed E-state index contributed by atoms with van der Waals surface area (Å²) in [6.07, 6.45) is 40.2. The largest absolute Gasteiger partial charge is 0.472 e. The van der Waals surface area contributed by atoms with Gasteiger partial charge in [-0.05, 0) is 49.4 Å². The average molecular weight is 1300 g/mol. The third kappa shape index (κ3) is 59.1. The smallest absolute Gasteiger partial charge is 0.462 e. The van der Waals surface area contributed by atoms with Crippen LogP contribution in [0.3, 0.4) is 0 Å². The maximum atomic E-state index is 13.0. The average Bonchev–Trinajstić information content (AvgIpc) is 3.71. The van der Waals surface area contributed by atoms with Gasteiger partial charge in [0.05, 0.1) is 26.4 Å². The predicted octanol–water partition coefficient (Wildman–Crippen LogP) is 19.3. The second-order valence-electron chi connectivity index (χ2n) is 26.1. The Labute approximate surface area is 537 Å². The molecule has 0 aromatic heterocycles. The number of carbonyl (C=O) groups is 4. The van der Waals surface area contributed by atoms with Gasteiger partial charge in [0.1, 0.15) is 19.3 Å². The number of rotatable bonds is 66. The van der Waals surface area contributed by atoms with E-state index >= 15 is 0 Å². The fourth-order valence-corrected chi connectivity index (χ4v) is 11.8. The standard InChI is InChI=1S/C69H134O17P2/c1-9-60(6)46-38-30-22-16-12-13-17-24-33-41-49-66(71)79-55-64(86-69(74)52-44-36-26-20-19-23-31-39-47-61(7)10-2)57-83-87(75,76)81-53-63(70)54-82-88(77,78)84-58-65(56-80-67(72)50-42-34-28-27-32-40-48-62(8)11-3)85-68(73)51-43-35-25-18-14-15-21-29-37-45-59(4)5/h59-65,70H,9-58H2,1-8H3,(H,75,76)(H,77,78)/t60?,61?,62?,63-,64-,65-/m1/s1. The summed E-state index contributed by atoms with van der Waals surface area (Å²) in [5.74, 6) is 0.913. The van der Waals surface area contributed by atoms with Gasteiger partial charge in [-0.3, -0.25) is 37.3 Å². The topological polar surface area (TPSA) is 237 Å². The van der Waals surface area contributed by atoms with E-state index in [0.717, 1.165) is 120 Å². The van der Waals surface area contributed by atoms with Gasteiger partial charge < -0.3 is 33.8 Å². The van der Waals surface area contributed by atoms with Crippen molar-refractivity contribution < 1.29 is 80.2 Å². The molecular formula is C69H134O17P2. The van der Waals surface area contributed by atoms with Crippen molar-refractivity contribution >= 4 is 39.5 Å². The van der Waals surface area contributed by atoms with Gasteiger partial charge in [0, 0.05) is 25.7 Å². The number of phosphoric acid groups is 2. The van der Waals surface area contributed by atoms with Crippen molar-refractivity contribution in [2.45, 2.75) is 356 Å². The van der Waals surface area contributed by atoms with E-state index in [-0.39, 0.29) is 25.7 Å². The van der Waals surface area contributed by atoms with Crippen LogP contribution in [-0.2, 0) is 65.4 Å². The highest BCUT2D eigenvalue weighted by Crippen LogP contribution is 2.45. The first-order valence-electron chi connectivity index (χ1n) is 35.8. The fourth-order valence-electron chi connectivity index (χ4n) is 10.2. The van der Waals surface area contributed by atoms with Gasteiger partial charge in [0.15, 0.2) is 12.2 Å². The molecule has 8 atom stereocenters. The van der Waals surface area contributed by atoms with Gasteiger partial charge in [-0.15, -0.1) is 0 Å². The highest BCUT2D eigenvalue weighted by molar-refractivity contribution is 7.47. The zero-order valence-corrected chi connectivity index (χ0v) is 59.1. The summed E-state index contributed by atoms with van der Waals surface area (Å²) in [5.41, 5.74) is 0. The number of esters is 4. The first-order valence-corrected chi connectivity index (χ1v) is 38.8. The van der Waals surface area contributed by atoms with Crippen LogP contribution in [0.2, 0.25) is 0 Å². The van der Waals surface area contributed by atoms with Crippen molar-refractivity contribution in [2.24, 2.45) is 23.7 Å². The van der Waals surface area contributed by atoms with Crippen molar-refractivity contribution in [3.05, 3.63) is 0 Å². The molecule has 0 fully saturated rings. The van der Waals surface area contributed by atoms with E-state index in [0.29, 0.717) is 25.7 Å². The molecule has 0 radical (unpaired) electrons. The molecule has 88 heavy (non-hydrogen) atoms. The van der Waals surface area contributed by atoms with Crippen molar-refractivity contribution in [2.75, 3.05) is 39.6 Å². The molecule has 0 aliphatic heterocycles. The van der Waals surface area contributed by atoms with Crippen molar-refractivity contribution in [3.8, 4) is 0 Å². The van der Waals surface area contributed by atoms with Crippen LogP contribution in [0.15, 0.2) is 0 Å². The van der Waals surface area contributed by atoms with E-state index in [4.69, 9.17) is 37.0 Å². The number of aliphatic hydroxyl groups excluding tert-OH is 1. The number of carbonyl (C=O) groups excluding carboxylic acids is 4. The van der Waals surface area contributed by atoms with Crippen LogP contribution in [0.4, 0.5) is 0 Å². The Morgan fingerprint density at radius 2 is 0.545 bits per heavy atom. The highest BCUT2D eigenvalue weighted by atomic mass is 31.2. The summed E-state index contributed by atoms with van der Waals surface area (Å²) in [7, 11) is -9.90. The molecule has 0 bridgehead atoms. The SMILES string of the molecule is CCC(C)CCCCCCCCCCCCC(=O)OC[C@H](COP(=O)(O)OC[C@@H](O)COP(=O)(O)OC[C@@H](COC(=O)CCCCCCCCC(C)CC)OC(=O)CCCCCCCCCCCC(C)C)OC(=O)CCCCCCCCCCC(C)CC. The zero-order chi connectivity index (χ0) is 65.4. The minimum Gasteiger partial charge on any atom is -0.462 e. The first kappa shape index (κ1) is 86.1. The Hall–Kier alpha value is -1.94. The number of aliphatic hydroxyl groups is 1. The zero-order valence-electron chi connectivity index (χ0n) is 57.3. The summed E-state index contributed by atoms with van der Waals surface area (Å²) in [6.45, 7) is 14.1. The molecule has 0 aliphatic rings. The van der Waals surface area contributed by atoms with E-state index in [1.165, 1.54) is 135 Å². The quantitative estimate of drug-likeness (QED) is 0.0222. The maximum Gasteiger partial charge on any atom is 0.472 e. The summed E-state index contributed by atoms with van der Waals surface area (Å²) in [6, 6.07) is 0. The normalized spacial score (nSPS) is 15.2. The molecule has 522 valence electrons. The predicted molar refractivity (Wildman–Crippen MR) is 354 cm³/mol. The Kier molecular flexibility index (Phi) is 57.6. The second kappa shape index (κ2) is 58.8. The molecule has 0 aromatic carbocycles. The number of hydrogen-bond acceptors (Lipinski definition) is 15. The lowest BCUT2D eigenvalue weighted by Gasteiger charge is -2.21. The molecule has 3 N–H and O–H groups in total. The van der Waals surface area contributed by atoms with E-state index in [2.05, 4.69) is 55.4 Å². The highest BCUT2D eigenvalue weighted by Gasteiger charge is 2.30. The summed E-state index contributed by atoms with van der Waals surface area (Å²) >= 11 is 0. The van der Waals surface area contributed by atoms with E-state index < -0.39 is 97.5 Å². The number of phosphoric ester groups is 2. The van der Waals surface area contributed by atoms with Gasteiger partial charge in [0.2, 0.25) is 0 Å². The van der Waals surface area contributed by atoms with Crippen LogP contribution in [0, 0.1) is 23.7 Å². The third-order valence-corrected chi connectivity index (χ3v) is 18.8. The Bertz CT molecular complexity index is 1750. The molecule has 0 saturated carbocycles. The lowest BCUT2D eigenvalue weighted by molar-refractivity contribution is -0.161. The molecule has 5 unspecified atom stereocenters. The van der Waals surface area contributed by atoms with Crippen LogP contribution in [0.1, 0.15) is 338 Å². The summed E-state index contributed by atoms with van der Waals surface area (Å²) in [4.78, 5) is 72.5. The van der Waals surface area contributed by atoms with Gasteiger partial charge in [-0.25, -0.2) is 9.13 Å². The molecule has 0 aliphatic carbocycles. The minimum absolute atomic E-state index is 0.104. The lowest BCUT2D eigenvalue weighted by atomic mass is 9.99. The lowest BCUT2D eigenvalue weighted by Crippen LogP contribution is -2.30. The van der Waals surface area contributed by atoms with E-state index in [9.17, 15) is 43.2 Å². The van der Waals surface area contributed by atoms with Crippen LogP contribution in [0.5, 0.6) is 0 Å². The molecule has 0 aromatic rings. The molecule has 0 amide bonds. The van der Waals surface area contributed by atoms with Crippen molar-refractivity contribution in [1.29, 1.82) is 0 Å². The molecule has 19 heteroatoms. The third-order valence-electron chi connectivity index (χ3n) is 16.9. The van der Waals surface area contributed by atoms with E-state index in [1.54, 1.807) is 0 Å². The Balaban J connectivity index is 5.27. The van der Waals surface area contributed by atoms with Gasteiger partial charge >= 0.3 is 39.5 Å². The summed E-state index contributed by atoms with van der Waals surface area (Å²) in [5, 5.41) is 10.6. The number of unbranched alkanes of at least 4 members (excludes halogenated alkanes) is 29. The maximum absolute atomic E-state index is 13.0. The molecular weight excluding hydrogens is 1160 g/mol. The molecule has 0 saturated heterocycles. The van der Waals surface area contributed by atoms with Crippen LogP contribution in [0.25, 0.3) is 0 Å². The Morgan fingerprint density at radius 1 is 0.318 bits per heavy atom. The van der Waals surface area contributed by atoms with Crippen LogP contribution < -0.4 is 0 Å². The fraction of sp³-hybridized carbons (Fsp3) is 0.942. The van der Waals surface area contributed by atoms with Crippen molar-refractivity contribution in [1.82, 2.24) is 0 Å². The number of ether oxygens (including phenoxy) is 4. The Morgan fingerprint density at radius 3 is 0.807 bits per heavy atom. The van der Waals surface area contributed by atoms with Crippen molar-refractivity contribution in [3.63, 3.8) is 0 Å². The monoisotopic (exact) mass is 1300 g/mol. The number of hydrogen-bond donors (Lipinski definition) is 3. The van der Waals surface area contributed by atoms with Gasteiger partial charge in [-0.2, -0.15) is 0 Å². The second-order valence-corrected chi connectivity index (χ2v) is 29.0. The van der Waals surface area contributed by atoms with Crippen LogP contribution in [-0.4, -0.2) is 96.7 Å². The molecule has 0 spiro atoms. The molecule has 0 rings (SSSR count). The molecule has 17 nitrogen and oxygen atoms in total. The minimum atomic E-state index is -4.95. The van der Waals surface area contributed by atoms with Gasteiger partial charge in [0.25, 0.3) is 0 Å².